The summed E-state index contributed by atoms with van der Waals surface area (Å²) in [6, 6.07) is 1.97. The van der Waals surface area contributed by atoms with E-state index in [0.29, 0.717) is 6.54 Å². The van der Waals surface area contributed by atoms with Crippen molar-refractivity contribution in [1.29, 1.82) is 0 Å². The third kappa shape index (κ3) is 3.88. The third-order valence-electron chi connectivity index (χ3n) is 5.79. The first-order valence-corrected chi connectivity index (χ1v) is 9.37. The molecular formula is C18H30N4O3. The van der Waals surface area contributed by atoms with E-state index in [1.165, 1.54) is 0 Å². The van der Waals surface area contributed by atoms with E-state index < -0.39 is 6.10 Å². The summed E-state index contributed by atoms with van der Waals surface area (Å²) >= 11 is 0. The van der Waals surface area contributed by atoms with Gasteiger partial charge in [-0.1, -0.05) is 13.3 Å². The molecule has 2 fully saturated rings. The number of piperidine rings is 2. The number of β-amino-alcohol motifs (C(OH)–C–C–N with tert-alkyl or cyclic N) is 1. The van der Waals surface area contributed by atoms with Gasteiger partial charge in [-0.15, -0.1) is 0 Å². The van der Waals surface area contributed by atoms with Crippen LogP contribution in [0.1, 0.15) is 39.0 Å². The van der Waals surface area contributed by atoms with Crippen molar-refractivity contribution in [3.05, 3.63) is 12.4 Å². The van der Waals surface area contributed by atoms with E-state index in [4.69, 9.17) is 0 Å². The van der Waals surface area contributed by atoms with E-state index in [2.05, 4.69) is 26.7 Å². The van der Waals surface area contributed by atoms with E-state index in [9.17, 15) is 15.3 Å². The van der Waals surface area contributed by atoms with Crippen LogP contribution >= 0.6 is 0 Å². The maximum absolute atomic E-state index is 10.6. The molecule has 1 aromatic rings. The van der Waals surface area contributed by atoms with Gasteiger partial charge in [-0.05, 0) is 25.7 Å². The molecule has 0 unspecified atom stereocenters. The Hall–Kier alpha value is -1.44. The SMILES string of the molecule is CCC[C@]1(CO)CCN(c2cc(N3CCC(O)CC3)ncn2)C[C@@H]1O. The number of anilines is 2. The summed E-state index contributed by atoms with van der Waals surface area (Å²) in [7, 11) is 0. The van der Waals surface area contributed by atoms with E-state index >= 15 is 0 Å². The zero-order valence-electron chi connectivity index (χ0n) is 15.0. The smallest absolute Gasteiger partial charge is 0.134 e. The highest BCUT2D eigenvalue weighted by atomic mass is 16.3. The van der Waals surface area contributed by atoms with Crippen LogP contribution in [-0.4, -0.2) is 70.3 Å². The summed E-state index contributed by atoms with van der Waals surface area (Å²) in [6.07, 6.45) is 4.88. The average Bonchev–Trinajstić information content (AvgIpc) is 2.64. The molecule has 7 heteroatoms. The van der Waals surface area contributed by atoms with Crippen molar-refractivity contribution in [3.63, 3.8) is 0 Å². The van der Waals surface area contributed by atoms with Crippen LogP contribution in [0.25, 0.3) is 0 Å². The molecule has 7 nitrogen and oxygen atoms in total. The molecule has 3 rings (SSSR count). The second kappa shape index (κ2) is 7.85. The lowest BCUT2D eigenvalue weighted by Gasteiger charge is -2.45. The minimum absolute atomic E-state index is 0.0287. The van der Waals surface area contributed by atoms with Crippen LogP contribution in [0.15, 0.2) is 12.4 Å². The fraction of sp³-hybridized carbons (Fsp3) is 0.778. The number of hydrogen-bond acceptors (Lipinski definition) is 7. The van der Waals surface area contributed by atoms with Crippen LogP contribution in [0.2, 0.25) is 0 Å². The van der Waals surface area contributed by atoms with Crippen LogP contribution in [-0.2, 0) is 0 Å². The Balaban J connectivity index is 1.70. The fourth-order valence-corrected chi connectivity index (χ4v) is 4.06. The van der Waals surface area contributed by atoms with Crippen LogP contribution in [0, 0.1) is 5.41 Å². The molecule has 3 heterocycles. The maximum Gasteiger partial charge on any atom is 0.134 e. The first-order valence-electron chi connectivity index (χ1n) is 9.37. The molecular weight excluding hydrogens is 320 g/mol. The second-order valence-electron chi connectivity index (χ2n) is 7.43. The highest BCUT2D eigenvalue weighted by Gasteiger charge is 2.41. The van der Waals surface area contributed by atoms with Crippen molar-refractivity contribution in [2.75, 3.05) is 42.6 Å². The van der Waals surface area contributed by atoms with Gasteiger partial charge in [-0.3, -0.25) is 0 Å². The van der Waals surface area contributed by atoms with Gasteiger partial charge in [0.25, 0.3) is 0 Å². The minimum Gasteiger partial charge on any atom is -0.396 e. The normalized spacial score (nSPS) is 28.4. The fourth-order valence-electron chi connectivity index (χ4n) is 4.06. The Kier molecular flexibility index (Phi) is 5.76. The van der Waals surface area contributed by atoms with E-state index in [0.717, 1.165) is 63.4 Å². The summed E-state index contributed by atoms with van der Waals surface area (Å²) in [5, 5.41) is 30.1. The Morgan fingerprint density at radius 2 is 1.80 bits per heavy atom. The number of nitrogens with zero attached hydrogens (tertiary/aromatic N) is 4. The molecule has 0 bridgehead atoms. The van der Waals surface area contributed by atoms with Crippen molar-refractivity contribution in [3.8, 4) is 0 Å². The van der Waals surface area contributed by atoms with E-state index in [1.54, 1.807) is 6.33 Å². The van der Waals surface area contributed by atoms with Crippen molar-refractivity contribution in [2.24, 2.45) is 5.41 Å². The Labute approximate surface area is 149 Å². The largest absolute Gasteiger partial charge is 0.396 e. The molecule has 0 amide bonds. The second-order valence-corrected chi connectivity index (χ2v) is 7.43. The van der Waals surface area contributed by atoms with Gasteiger partial charge in [-0.25, -0.2) is 9.97 Å². The van der Waals surface area contributed by atoms with Crippen molar-refractivity contribution < 1.29 is 15.3 Å². The Bertz CT molecular complexity index is 565. The standard InChI is InChI=1S/C18H30N4O3/c1-2-5-18(12-23)6-9-22(11-15(18)25)17-10-16(19-13-20-17)21-7-3-14(24)4-8-21/h10,13-15,23-25H,2-9,11-12H2,1H3/t15-,18+/m0/s1. The van der Waals surface area contributed by atoms with Gasteiger partial charge in [0.1, 0.15) is 18.0 Å². The summed E-state index contributed by atoms with van der Waals surface area (Å²) in [5.74, 6) is 1.69. The summed E-state index contributed by atoms with van der Waals surface area (Å²) in [4.78, 5) is 13.0. The quantitative estimate of drug-likeness (QED) is 0.723. The summed E-state index contributed by atoms with van der Waals surface area (Å²) < 4.78 is 0. The number of aromatic nitrogens is 2. The lowest BCUT2D eigenvalue weighted by molar-refractivity contribution is -0.0372. The van der Waals surface area contributed by atoms with Gasteiger partial charge in [0.15, 0.2) is 0 Å². The number of rotatable bonds is 5. The molecule has 1 aromatic heterocycles. The molecule has 0 spiro atoms. The molecule has 2 aliphatic rings. The topological polar surface area (TPSA) is 93.0 Å². The Morgan fingerprint density at radius 1 is 1.12 bits per heavy atom. The lowest BCUT2D eigenvalue weighted by Crippen LogP contribution is -2.53. The van der Waals surface area contributed by atoms with Crippen LogP contribution < -0.4 is 9.80 Å². The predicted octanol–water partition coefficient (Wildman–Crippen LogP) is 0.787. The number of aliphatic hydroxyl groups is 3. The van der Waals surface area contributed by atoms with E-state index in [-0.39, 0.29) is 18.1 Å². The van der Waals surface area contributed by atoms with Gasteiger partial charge < -0.3 is 25.1 Å². The van der Waals surface area contributed by atoms with Gasteiger partial charge in [0, 0.05) is 37.7 Å². The first kappa shape index (κ1) is 18.4. The molecule has 2 saturated heterocycles. The summed E-state index contributed by atoms with van der Waals surface area (Å²) in [6.45, 7) is 4.96. The number of hydrogen-bond donors (Lipinski definition) is 3. The van der Waals surface area contributed by atoms with Crippen molar-refractivity contribution in [1.82, 2.24) is 9.97 Å². The van der Waals surface area contributed by atoms with Crippen LogP contribution in [0.4, 0.5) is 11.6 Å². The van der Waals surface area contributed by atoms with Crippen molar-refractivity contribution in [2.45, 2.75) is 51.2 Å². The molecule has 2 aliphatic heterocycles. The van der Waals surface area contributed by atoms with Crippen LogP contribution in [0.3, 0.4) is 0 Å². The Morgan fingerprint density at radius 3 is 2.40 bits per heavy atom. The molecule has 140 valence electrons. The molecule has 0 saturated carbocycles. The molecule has 3 N–H and O–H groups in total. The average molecular weight is 350 g/mol. The zero-order valence-corrected chi connectivity index (χ0v) is 15.0. The summed E-state index contributed by atoms with van der Waals surface area (Å²) in [5.41, 5.74) is -0.385. The minimum atomic E-state index is -0.560. The van der Waals surface area contributed by atoms with Gasteiger partial charge in [0.2, 0.25) is 0 Å². The highest BCUT2D eigenvalue weighted by molar-refractivity contribution is 5.51. The third-order valence-corrected chi connectivity index (χ3v) is 5.79. The van der Waals surface area contributed by atoms with Gasteiger partial charge in [-0.2, -0.15) is 0 Å². The van der Waals surface area contributed by atoms with Gasteiger partial charge >= 0.3 is 0 Å². The molecule has 0 aliphatic carbocycles. The lowest BCUT2D eigenvalue weighted by atomic mass is 9.73. The van der Waals surface area contributed by atoms with E-state index in [1.807, 2.05) is 6.07 Å². The highest BCUT2D eigenvalue weighted by Crippen LogP contribution is 2.37. The zero-order chi connectivity index (χ0) is 17.9. The maximum atomic E-state index is 10.6. The molecule has 0 radical (unpaired) electrons. The van der Waals surface area contributed by atoms with Gasteiger partial charge in [0.05, 0.1) is 18.8 Å². The van der Waals surface area contributed by atoms with Crippen molar-refractivity contribution >= 4 is 11.6 Å². The molecule has 0 aromatic carbocycles. The molecule has 25 heavy (non-hydrogen) atoms. The monoisotopic (exact) mass is 350 g/mol. The number of aliphatic hydroxyl groups excluding tert-OH is 3. The first-order chi connectivity index (χ1) is 12.1. The van der Waals surface area contributed by atoms with Crippen LogP contribution in [0.5, 0.6) is 0 Å². The predicted molar refractivity (Wildman–Crippen MR) is 96.7 cm³/mol. The molecule has 2 atom stereocenters.